The summed E-state index contributed by atoms with van der Waals surface area (Å²) in [5, 5.41) is 6.65. The van der Waals surface area contributed by atoms with Gasteiger partial charge in [-0.25, -0.2) is 4.98 Å². The average Bonchev–Trinajstić information content (AvgIpc) is 3.27. The first-order valence-electron chi connectivity index (χ1n) is 8.34. The number of carbonyl (C=O) groups excluding carboxylic acids is 2. The molecule has 140 valence electrons. The minimum absolute atomic E-state index is 0.144. The fourth-order valence-electron chi connectivity index (χ4n) is 2.43. The van der Waals surface area contributed by atoms with Crippen molar-refractivity contribution in [2.24, 2.45) is 0 Å². The Morgan fingerprint density at radius 3 is 2.78 bits per heavy atom. The maximum Gasteiger partial charge on any atom is 0.286 e. The number of hydrogen-bond donors (Lipinski definition) is 2. The van der Waals surface area contributed by atoms with Crippen molar-refractivity contribution in [3.05, 3.63) is 69.6 Å². The third kappa shape index (κ3) is 5.18. The van der Waals surface area contributed by atoms with Crippen LogP contribution in [0.5, 0.6) is 0 Å². The Labute approximate surface area is 165 Å². The molecule has 0 aliphatic heterocycles. The van der Waals surface area contributed by atoms with Gasteiger partial charge >= 0.3 is 0 Å². The minimum Gasteiger partial charge on any atom is -0.459 e. The molecule has 0 aliphatic carbocycles. The lowest BCUT2D eigenvalue weighted by atomic mass is 10.1. The number of aryl methyl sites for hydroxylation is 1. The molecule has 0 radical (unpaired) electrons. The van der Waals surface area contributed by atoms with Crippen LogP contribution in [0.4, 0.5) is 5.13 Å². The molecule has 0 bridgehead atoms. The summed E-state index contributed by atoms with van der Waals surface area (Å²) in [5.74, 6) is -0.345. The number of anilines is 1. The van der Waals surface area contributed by atoms with E-state index in [1.54, 1.807) is 12.1 Å². The number of benzene rings is 1. The van der Waals surface area contributed by atoms with Crippen LogP contribution in [0.1, 0.15) is 33.1 Å². The SMILES string of the molecule is Cc1nc(NC(=O)CCNC(=O)c2ccco2)sc1Cc1ccccc1Cl. The van der Waals surface area contributed by atoms with Crippen LogP contribution in [-0.4, -0.2) is 23.3 Å². The molecule has 0 spiro atoms. The lowest BCUT2D eigenvalue weighted by Gasteiger charge is -2.03. The van der Waals surface area contributed by atoms with E-state index in [1.807, 2.05) is 31.2 Å². The van der Waals surface area contributed by atoms with Gasteiger partial charge in [0.25, 0.3) is 5.91 Å². The zero-order chi connectivity index (χ0) is 19.2. The Bertz CT molecular complexity index is 938. The van der Waals surface area contributed by atoms with E-state index in [9.17, 15) is 9.59 Å². The molecule has 0 atom stereocenters. The van der Waals surface area contributed by atoms with Gasteiger partial charge in [-0.3, -0.25) is 9.59 Å². The number of halogens is 1. The third-order valence-electron chi connectivity index (χ3n) is 3.83. The number of carbonyl (C=O) groups is 2. The second-order valence-electron chi connectivity index (χ2n) is 5.83. The van der Waals surface area contributed by atoms with Crippen LogP contribution in [-0.2, 0) is 11.2 Å². The fraction of sp³-hybridized carbons (Fsp3) is 0.211. The standard InChI is InChI=1S/C19H18ClN3O3S/c1-12-16(11-13-5-2-3-6-14(13)20)27-19(22-12)23-17(24)8-9-21-18(25)15-7-4-10-26-15/h2-7,10H,8-9,11H2,1H3,(H,21,25)(H,22,23,24). The van der Waals surface area contributed by atoms with Crippen molar-refractivity contribution >= 4 is 39.9 Å². The predicted octanol–water partition coefficient (Wildman–Crippen LogP) is 4.05. The summed E-state index contributed by atoms with van der Waals surface area (Å²) in [4.78, 5) is 29.3. The molecule has 0 fully saturated rings. The predicted molar refractivity (Wildman–Crippen MR) is 105 cm³/mol. The van der Waals surface area contributed by atoms with Crippen molar-refractivity contribution in [3.63, 3.8) is 0 Å². The van der Waals surface area contributed by atoms with Crippen LogP contribution in [0.25, 0.3) is 0 Å². The summed E-state index contributed by atoms with van der Waals surface area (Å²) in [6.07, 6.45) is 2.23. The molecule has 6 nitrogen and oxygen atoms in total. The van der Waals surface area contributed by atoms with Gasteiger partial charge in [0, 0.05) is 29.3 Å². The van der Waals surface area contributed by atoms with Crippen molar-refractivity contribution in [3.8, 4) is 0 Å². The second-order valence-corrected chi connectivity index (χ2v) is 7.32. The lowest BCUT2D eigenvalue weighted by molar-refractivity contribution is -0.116. The molecule has 3 rings (SSSR count). The fourth-order valence-corrected chi connectivity index (χ4v) is 3.63. The number of thiazole rings is 1. The van der Waals surface area contributed by atoms with E-state index in [-0.39, 0.29) is 30.5 Å². The van der Waals surface area contributed by atoms with Crippen LogP contribution in [0.15, 0.2) is 47.1 Å². The molecule has 3 aromatic rings. The summed E-state index contributed by atoms with van der Waals surface area (Å²) in [6.45, 7) is 2.12. The number of nitrogens with zero attached hydrogens (tertiary/aromatic N) is 1. The molecule has 0 saturated carbocycles. The van der Waals surface area contributed by atoms with E-state index in [0.717, 1.165) is 16.1 Å². The van der Waals surface area contributed by atoms with E-state index in [1.165, 1.54) is 17.6 Å². The highest BCUT2D eigenvalue weighted by atomic mass is 35.5. The Balaban J connectivity index is 1.51. The van der Waals surface area contributed by atoms with Gasteiger partial charge in [-0.1, -0.05) is 29.8 Å². The molecule has 8 heteroatoms. The van der Waals surface area contributed by atoms with Gasteiger partial charge in [0.1, 0.15) is 0 Å². The van der Waals surface area contributed by atoms with Crippen molar-refractivity contribution < 1.29 is 14.0 Å². The number of rotatable bonds is 7. The first-order valence-corrected chi connectivity index (χ1v) is 9.53. The molecule has 2 N–H and O–H groups in total. The highest BCUT2D eigenvalue weighted by molar-refractivity contribution is 7.15. The van der Waals surface area contributed by atoms with Crippen molar-refractivity contribution in [1.29, 1.82) is 0 Å². The van der Waals surface area contributed by atoms with Gasteiger partial charge in [0.05, 0.1) is 12.0 Å². The van der Waals surface area contributed by atoms with Crippen LogP contribution in [0, 0.1) is 6.92 Å². The molecule has 2 heterocycles. The number of hydrogen-bond acceptors (Lipinski definition) is 5. The van der Waals surface area contributed by atoms with Gasteiger partial charge < -0.3 is 15.1 Å². The van der Waals surface area contributed by atoms with Crippen LogP contribution < -0.4 is 10.6 Å². The molecule has 0 aliphatic rings. The third-order valence-corrected chi connectivity index (χ3v) is 5.27. The largest absolute Gasteiger partial charge is 0.459 e. The molecular formula is C19H18ClN3O3S. The van der Waals surface area contributed by atoms with Gasteiger partial charge in [-0.05, 0) is 30.7 Å². The van der Waals surface area contributed by atoms with E-state index < -0.39 is 0 Å². The maximum absolute atomic E-state index is 12.1. The molecule has 0 unspecified atom stereocenters. The number of nitrogens with one attached hydrogen (secondary N) is 2. The minimum atomic E-state index is -0.347. The zero-order valence-corrected chi connectivity index (χ0v) is 16.2. The van der Waals surface area contributed by atoms with E-state index in [2.05, 4.69) is 15.6 Å². The summed E-state index contributed by atoms with van der Waals surface area (Å²) >= 11 is 7.64. The van der Waals surface area contributed by atoms with Crippen LogP contribution in [0.2, 0.25) is 5.02 Å². The molecular weight excluding hydrogens is 386 g/mol. The average molecular weight is 404 g/mol. The smallest absolute Gasteiger partial charge is 0.286 e. The topological polar surface area (TPSA) is 84.2 Å². The lowest BCUT2D eigenvalue weighted by Crippen LogP contribution is -2.27. The maximum atomic E-state index is 12.1. The Kier molecular flexibility index (Phi) is 6.26. The highest BCUT2D eigenvalue weighted by Gasteiger charge is 2.13. The normalized spacial score (nSPS) is 10.6. The van der Waals surface area contributed by atoms with Gasteiger partial charge in [-0.15, -0.1) is 11.3 Å². The Morgan fingerprint density at radius 2 is 2.04 bits per heavy atom. The second kappa shape index (κ2) is 8.83. The summed E-state index contributed by atoms with van der Waals surface area (Å²) in [6, 6.07) is 10.9. The Morgan fingerprint density at radius 1 is 1.22 bits per heavy atom. The molecule has 1 aromatic carbocycles. The first-order chi connectivity index (χ1) is 13.0. The van der Waals surface area contributed by atoms with E-state index >= 15 is 0 Å². The van der Waals surface area contributed by atoms with Gasteiger partial charge in [-0.2, -0.15) is 0 Å². The highest BCUT2D eigenvalue weighted by Crippen LogP contribution is 2.27. The number of furan rings is 1. The molecule has 2 aromatic heterocycles. The summed E-state index contributed by atoms with van der Waals surface area (Å²) < 4.78 is 4.99. The number of amides is 2. The van der Waals surface area contributed by atoms with Gasteiger partial charge in [0.15, 0.2) is 10.9 Å². The molecule has 27 heavy (non-hydrogen) atoms. The summed E-state index contributed by atoms with van der Waals surface area (Å²) in [5.41, 5.74) is 1.88. The molecule has 2 amide bonds. The summed E-state index contributed by atoms with van der Waals surface area (Å²) in [7, 11) is 0. The zero-order valence-electron chi connectivity index (χ0n) is 14.6. The quantitative estimate of drug-likeness (QED) is 0.623. The van der Waals surface area contributed by atoms with Gasteiger partial charge in [0.2, 0.25) is 5.91 Å². The van der Waals surface area contributed by atoms with Crippen LogP contribution in [0.3, 0.4) is 0 Å². The molecule has 0 saturated heterocycles. The van der Waals surface area contributed by atoms with Crippen molar-refractivity contribution in [2.75, 3.05) is 11.9 Å². The van der Waals surface area contributed by atoms with Crippen molar-refractivity contribution in [2.45, 2.75) is 19.8 Å². The van der Waals surface area contributed by atoms with E-state index in [0.29, 0.717) is 16.6 Å². The first kappa shape index (κ1) is 19.1. The Hall–Kier alpha value is -2.64. The number of aromatic nitrogens is 1. The van der Waals surface area contributed by atoms with Crippen molar-refractivity contribution in [1.82, 2.24) is 10.3 Å². The van der Waals surface area contributed by atoms with E-state index in [4.69, 9.17) is 16.0 Å². The monoisotopic (exact) mass is 403 g/mol. The van der Waals surface area contributed by atoms with Crippen LogP contribution >= 0.6 is 22.9 Å².